The van der Waals surface area contributed by atoms with E-state index in [1.54, 1.807) is 12.3 Å². The van der Waals surface area contributed by atoms with Crippen LogP contribution in [0.3, 0.4) is 0 Å². The summed E-state index contributed by atoms with van der Waals surface area (Å²) < 4.78 is 0. The Balaban J connectivity index is 1.97. The molecule has 0 amide bonds. The largest absolute Gasteiger partial charge is 0.369 e. The third-order valence-electron chi connectivity index (χ3n) is 4.07. The first-order valence-corrected chi connectivity index (χ1v) is 7.45. The highest BCUT2D eigenvalue weighted by atomic mass is 15.2. The summed E-state index contributed by atoms with van der Waals surface area (Å²) in [5.74, 6) is 0. The molecule has 2 heterocycles. The Morgan fingerprint density at radius 2 is 2.00 bits per heavy atom. The van der Waals surface area contributed by atoms with Crippen molar-refractivity contribution in [2.24, 2.45) is 0 Å². The minimum absolute atomic E-state index is 0.461. The summed E-state index contributed by atoms with van der Waals surface area (Å²) >= 11 is 0. The second-order valence-corrected chi connectivity index (χ2v) is 5.78. The van der Waals surface area contributed by atoms with E-state index in [4.69, 9.17) is 5.26 Å². The number of rotatable bonds is 2. The van der Waals surface area contributed by atoms with Gasteiger partial charge in [-0.05, 0) is 62.1 Å². The number of hydrogen-bond acceptors (Lipinski definition) is 3. The maximum Gasteiger partial charge on any atom is 0.140 e. The summed E-state index contributed by atoms with van der Waals surface area (Å²) in [7, 11) is 0. The molecule has 2 aromatic rings. The van der Waals surface area contributed by atoms with Crippen molar-refractivity contribution >= 4 is 5.69 Å². The Morgan fingerprint density at radius 3 is 2.67 bits per heavy atom. The van der Waals surface area contributed by atoms with Gasteiger partial charge in [0.05, 0.1) is 0 Å². The molecule has 0 unspecified atom stereocenters. The first kappa shape index (κ1) is 13.6. The molecule has 1 aliphatic rings. The van der Waals surface area contributed by atoms with Gasteiger partial charge in [-0.25, -0.2) is 4.98 Å². The Bertz CT molecular complexity index is 681. The predicted molar refractivity (Wildman–Crippen MR) is 85.2 cm³/mol. The summed E-state index contributed by atoms with van der Waals surface area (Å²) in [5.41, 5.74) is 5.48. The fourth-order valence-corrected chi connectivity index (χ4v) is 2.97. The van der Waals surface area contributed by atoms with Gasteiger partial charge in [0.25, 0.3) is 0 Å². The lowest BCUT2D eigenvalue weighted by Gasteiger charge is -2.35. The van der Waals surface area contributed by atoms with Crippen LogP contribution in [-0.4, -0.2) is 17.6 Å². The lowest BCUT2D eigenvalue weighted by molar-refractivity contribution is 0.626. The summed E-state index contributed by atoms with van der Waals surface area (Å²) in [5, 5.41) is 8.82. The van der Waals surface area contributed by atoms with Crippen LogP contribution in [0, 0.1) is 11.3 Å². The molecule has 0 fully saturated rings. The first-order chi connectivity index (χ1) is 10.2. The van der Waals surface area contributed by atoms with Gasteiger partial charge < -0.3 is 4.90 Å². The number of aryl methyl sites for hydroxylation is 1. The van der Waals surface area contributed by atoms with E-state index in [0.717, 1.165) is 18.5 Å². The number of benzene rings is 1. The van der Waals surface area contributed by atoms with Gasteiger partial charge in [-0.3, -0.25) is 0 Å². The third-order valence-corrected chi connectivity index (χ3v) is 4.07. The second-order valence-electron chi connectivity index (χ2n) is 5.78. The summed E-state index contributed by atoms with van der Waals surface area (Å²) in [6.45, 7) is 5.63. The molecule has 0 aliphatic carbocycles. The summed E-state index contributed by atoms with van der Waals surface area (Å²) in [6, 6.07) is 13.0. The van der Waals surface area contributed by atoms with Crippen LogP contribution in [-0.2, 0) is 6.42 Å². The number of hydrogen-bond donors (Lipinski definition) is 0. The van der Waals surface area contributed by atoms with Crippen molar-refractivity contribution < 1.29 is 0 Å². The zero-order chi connectivity index (χ0) is 14.8. The molecule has 1 aromatic carbocycles. The number of anilines is 1. The van der Waals surface area contributed by atoms with E-state index in [9.17, 15) is 0 Å². The van der Waals surface area contributed by atoms with Crippen LogP contribution >= 0.6 is 0 Å². The number of nitriles is 1. The molecule has 1 aliphatic heterocycles. The van der Waals surface area contributed by atoms with Gasteiger partial charge in [0.1, 0.15) is 11.8 Å². The zero-order valence-corrected chi connectivity index (χ0v) is 12.5. The molecule has 0 radical (unpaired) electrons. The number of fused-ring (bicyclic) bond motifs is 1. The molecule has 0 atom stereocenters. The molecule has 21 heavy (non-hydrogen) atoms. The van der Waals surface area contributed by atoms with Gasteiger partial charge in [0.15, 0.2) is 0 Å². The standard InChI is InChI=1S/C18H19N3/c1-13(2)21-9-3-4-15-10-14(6-8-18(15)21)16-5-7-17(11-19)20-12-16/h5-8,10,12-13H,3-4,9H2,1-2H3. The van der Waals surface area contributed by atoms with Crippen LogP contribution in [0.4, 0.5) is 5.69 Å². The van der Waals surface area contributed by atoms with Crippen molar-refractivity contribution in [2.45, 2.75) is 32.7 Å². The molecule has 3 heteroatoms. The van der Waals surface area contributed by atoms with Gasteiger partial charge in [-0.15, -0.1) is 0 Å². The maximum absolute atomic E-state index is 8.82. The molecular formula is C18H19N3. The molecule has 0 saturated heterocycles. The molecule has 0 saturated carbocycles. The average molecular weight is 277 g/mol. The van der Waals surface area contributed by atoms with Gasteiger partial charge in [0, 0.05) is 30.0 Å². The van der Waals surface area contributed by atoms with Crippen LogP contribution < -0.4 is 4.90 Å². The Hall–Kier alpha value is -2.34. The predicted octanol–water partition coefficient (Wildman–Crippen LogP) is 3.78. The van der Waals surface area contributed by atoms with E-state index in [-0.39, 0.29) is 0 Å². The van der Waals surface area contributed by atoms with Crippen LogP contribution in [0.25, 0.3) is 11.1 Å². The smallest absolute Gasteiger partial charge is 0.140 e. The van der Waals surface area contributed by atoms with Gasteiger partial charge in [-0.2, -0.15) is 5.26 Å². The number of nitrogens with zero attached hydrogens (tertiary/aromatic N) is 3. The molecular weight excluding hydrogens is 258 g/mol. The fourth-order valence-electron chi connectivity index (χ4n) is 2.97. The van der Waals surface area contributed by atoms with Crippen LogP contribution in [0.15, 0.2) is 36.5 Å². The minimum Gasteiger partial charge on any atom is -0.369 e. The molecule has 0 N–H and O–H groups in total. The minimum atomic E-state index is 0.461. The molecule has 3 nitrogen and oxygen atoms in total. The van der Waals surface area contributed by atoms with Gasteiger partial charge >= 0.3 is 0 Å². The molecule has 1 aromatic heterocycles. The molecule has 0 bridgehead atoms. The van der Waals surface area contributed by atoms with E-state index in [1.807, 2.05) is 6.07 Å². The van der Waals surface area contributed by atoms with Crippen LogP contribution in [0.5, 0.6) is 0 Å². The summed E-state index contributed by atoms with van der Waals surface area (Å²) in [4.78, 5) is 6.63. The highest BCUT2D eigenvalue weighted by Crippen LogP contribution is 2.32. The Labute approximate surface area is 125 Å². The number of aromatic nitrogens is 1. The van der Waals surface area contributed by atoms with E-state index in [1.165, 1.54) is 23.2 Å². The van der Waals surface area contributed by atoms with Crippen molar-refractivity contribution in [1.29, 1.82) is 5.26 Å². The lowest BCUT2D eigenvalue weighted by Crippen LogP contribution is -2.35. The molecule has 3 rings (SSSR count). The van der Waals surface area contributed by atoms with Crippen molar-refractivity contribution in [2.75, 3.05) is 11.4 Å². The zero-order valence-electron chi connectivity index (χ0n) is 12.5. The lowest BCUT2D eigenvalue weighted by atomic mass is 9.96. The van der Waals surface area contributed by atoms with Crippen LogP contribution in [0.1, 0.15) is 31.5 Å². The topological polar surface area (TPSA) is 39.9 Å². The van der Waals surface area contributed by atoms with Crippen molar-refractivity contribution in [3.63, 3.8) is 0 Å². The second kappa shape index (κ2) is 5.57. The fraction of sp³-hybridized carbons (Fsp3) is 0.333. The summed E-state index contributed by atoms with van der Waals surface area (Å²) in [6.07, 6.45) is 4.12. The van der Waals surface area contributed by atoms with E-state index in [0.29, 0.717) is 11.7 Å². The SMILES string of the molecule is CC(C)N1CCCc2cc(-c3ccc(C#N)nc3)ccc21. The quantitative estimate of drug-likeness (QED) is 0.838. The number of pyridine rings is 1. The first-order valence-electron chi connectivity index (χ1n) is 7.45. The van der Waals surface area contributed by atoms with Crippen LogP contribution in [0.2, 0.25) is 0 Å². The average Bonchev–Trinajstić information content (AvgIpc) is 2.53. The Kier molecular flexibility index (Phi) is 3.62. The van der Waals surface area contributed by atoms with Gasteiger partial charge in [-0.1, -0.05) is 6.07 Å². The van der Waals surface area contributed by atoms with E-state index in [2.05, 4.69) is 48.0 Å². The monoisotopic (exact) mass is 277 g/mol. The van der Waals surface area contributed by atoms with E-state index >= 15 is 0 Å². The molecule has 106 valence electrons. The van der Waals surface area contributed by atoms with Crippen molar-refractivity contribution in [3.05, 3.63) is 47.8 Å². The van der Waals surface area contributed by atoms with Crippen molar-refractivity contribution in [1.82, 2.24) is 4.98 Å². The highest BCUT2D eigenvalue weighted by molar-refractivity contribution is 5.69. The highest BCUT2D eigenvalue weighted by Gasteiger charge is 2.19. The maximum atomic E-state index is 8.82. The Morgan fingerprint density at radius 1 is 1.19 bits per heavy atom. The van der Waals surface area contributed by atoms with E-state index < -0.39 is 0 Å². The van der Waals surface area contributed by atoms with Crippen molar-refractivity contribution in [3.8, 4) is 17.2 Å². The van der Waals surface area contributed by atoms with Gasteiger partial charge in [0.2, 0.25) is 0 Å². The third kappa shape index (κ3) is 2.62. The molecule has 0 spiro atoms. The normalized spacial score (nSPS) is 13.9.